The molecule has 0 spiro atoms. The molecule has 2 heteroatoms. The predicted molar refractivity (Wildman–Crippen MR) is 34.1 cm³/mol. The van der Waals surface area contributed by atoms with Gasteiger partial charge >= 0.3 is 29.6 Å². The van der Waals surface area contributed by atoms with Crippen molar-refractivity contribution in [3.05, 3.63) is 30.3 Å². The van der Waals surface area contributed by atoms with Crippen LogP contribution < -0.4 is 0 Å². The normalized spacial score (nSPS) is 7.50. The molecule has 0 saturated heterocycles. The van der Waals surface area contributed by atoms with E-state index in [9.17, 15) is 0 Å². The van der Waals surface area contributed by atoms with Crippen LogP contribution in [0.4, 0.5) is 0 Å². The van der Waals surface area contributed by atoms with Crippen molar-refractivity contribution >= 4 is 29.6 Å². The minimum absolute atomic E-state index is 0. The number of phenols is 1. The van der Waals surface area contributed by atoms with Gasteiger partial charge in [-0.05, 0) is 18.2 Å². The number of hydrogen-bond acceptors (Lipinski definition) is 1. The summed E-state index contributed by atoms with van der Waals surface area (Å²) in [5, 5.41) is 8.60. The number of rotatable bonds is 0. The topological polar surface area (TPSA) is 20.2 Å². The molecule has 0 aliphatic heterocycles. The van der Waals surface area contributed by atoms with E-state index in [2.05, 4.69) is 6.07 Å². The van der Waals surface area contributed by atoms with E-state index in [0.717, 1.165) is 0 Å². The summed E-state index contributed by atoms with van der Waals surface area (Å²) in [5.74, 6) is 0.266. The van der Waals surface area contributed by atoms with Gasteiger partial charge in [0.1, 0.15) is 5.75 Å². The van der Waals surface area contributed by atoms with Crippen molar-refractivity contribution in [1.82, 2.24) is 0 Å². The van der Waals surface area contributed by atoms with Crippen LogP contribution in [0.1, 0.15) is 0 Å². The monoisotopic (exact) mass is 117 g/mol. The fourth-order valence-electron chi connectivity index (χ4n) is 0.384. The van der Waals surface area contributed by atoms with Crippen molar-refractivity contribution in [2.45, 2.75) is 0 Å². The van der Waals surface area contributed by atoms with Crippen molar-refractivity contribution in [1.29, 1.82) is 0 Å². The molecule has 0 aliphatic carbocycles. The molecule has 1 rings (SSSR count). The molecule has 1 aromatic carbocycles. The summed E-state index contributed by atoms with van der Waals surface area (Å²) in [5.41, 5.74) is 0. The van der Waals surface area contributed by atoms with Crippen LogP contribution in [0.5, 0.6) is 5.75 Å². The molecule has 0 fully saturated rings. The van der Waals surface area contributed by atoms with E-state index in [1.54, 1.807) is 18.2 Å². The maximum absolute atomic E-state index is 8.60. The van der Waals surface area contributed by atoms with E-state index in [4.69, 9.17) is 5.11 Å². The summed E-state index contributed by atoms with van der Waals surface area (Å²) in [6.07, 6.45) is 0. The van der Waals surface area contributed by atoms with E-state index < -0.39 is 0 Å². The number of aromatic hydroxyl groups is 1. The molecule has 0 bridgehead atoms. The Labute approximate surface area is 70.6 Å². The summed E-state index contributed by atoms with van der Waals surface area (Å²) >= 11 is 0. The van der Waals surface area contributed by atoms with E-state index in [-0.39, 0.29) is 35.3 Å². The molecule has 0 unspecified atom stereocenters. The molecule has 0 aromatic heterocycles. The van der Waals surface area contributed by atoms with Crippen LogP contribution in [0.25, 0.3) is 0 Å². The van der Waals surface area contributed by atoms with Gasteiger partial charge in [0.05, 0.1) is 0 Å². The predicted octanol–water partition coefficient (Wildman–Crippen LogP) is 0.544. The summed E-state index contributed by atoms with van der Waals surface area (Å²) in [4.78, 5) is 0. The second kappa shape index (κ2) is 3.96. The van der Waals surface area contributed by atoms with Gasteiger partial charge in [0, 0.05) is 0 Å². The molecule has 0 atom stereocenters. The van der Waals surface area contributed by atoms with Crippen LogP contribution in [-0.4, -0.2) is 34.7 Å². The molecule has 1 nitrogen and oxygen atoms in total. The summed E-state index contributed by atoms with van der Waals surface area (Å²) in [6.45, 7) is 0. The van der Waals surface area contributed by atoms with Crippen LogP contribution in [0.3, 0.4) is 0 Å². The third-order valence-electron chi connectivity index (χ3n) is 0.691. The first-order valence-corrected chi connectivity index (χ1v) is 2.04. The molecular weight excluding hydrogens is 111 g/mol. The summed E-state index contributed by atoms with van der Waals surface area (Å²) in [7, 11) is 0. The van der Waals surface area contributed by atoms with Gasteiger partial charge in [-0.25, -0.2) is 0 Å². The minimum atomic E-state index is 0. The summed E-state index contributed by atoms with van der Waals surface area (Å²) in [6, 6.07) is 9.30. The zero-order valence-corrected chi connectivity index (χ0v) is 3.76. The summed E-state index contributed by atoms with van der Waals surface area (Å²) < 4.78 is 0. The molecule has 1 N–H and O–H groups in total. The number of benzene rings is 1. The van der Waals surface area contributed by atoms with Crippen LogP contribution in [0.15, 0.2) is 24.3 Å². The first-order valence-electron chi connectivity index (χ1n) is 2.04. The quantitative estimate of drug-likeness (QED) is 0.492. The van der Waals surface area contributed by atoms with Crippen LogP contribution in [0, 0.1) is 6.07 Å². The van der Waals surface area contributed by atoms with Gasteiger partial charge in [-0.1, -0.05) is 12.1 Å². The van der Waals surface area contributed by atoms with Crippen LogP contribution in [0.2, 0.25) is 0 Å². The molecular formula is C6H6NaO. The van der Waals surface area contributed by atoms with Gasteiger partial charge < -0.3 is 5.11 Å². The SMILES string of the molecule is Oc1c[c]ccc1.[NaH]. The fourth-order valence-corrected chi connectivity index (χ4v) is 0.384. The molecule has 1 aromatic rings. The van der Waals surface area contributed by atoms with Crippen molar-refractivity contribution in [2.75, 3.05) is 0 Å². The van der Waals surface area contributed by atoms with Crippen molar-refractivity contribution in [2.24, 2.45) is 0 Å². The van der Waals surface area contributed by atoms with Gasteiger partial charge in [0.25, 0.3) is 0 Å². The standard InChI is InChI=1S/C6H5O.Na.H/c7-6-4-2-1-3-5-6;;/h1-2,4-5,7H;;. The average molecular weight is 117 g/mol. The molecule has 37 valence electrons. The first kappa shape index (κ1) is 8.02. The van der Waals surface area contributed by atoms with Gasteiger partial charge in [0.2, 0.25) is 0 Å². The average Bonchev–Trinajstić information content (AvgIpc) is 1.69. The van der Waals surface area contributed by atoms with Crippen molar-refractivity contribution in [3.63, 3.8) is 0 Å². The van der Waals surface area contributed by atoms with Gasteiger partial charge in [0.15, 0.2) is 0 Å². The van der Waals surface area contributed by atoms with E-state index >= 15 is 0 Å². The number of phenolic OH excluding ortho intramolecular Hbond substituents is 1. The van der Waals surface area contributed by atoms with Crippen LogP contribution >= 0.6 is 0 Å². The Kier molecular flexibility index (Phi) is 3.97. The van der Waals surface area contributed by atoms with Crippen LogP contribution in [-0.2, 0) is 0 Å². The second-order valence-electron chi connectivity index (χ2n) is 1.26. The Morgan fingerprint density at radius 1 is 1.50 bits per heavy atom. The molecule has 0 amide bonds. The Morgan fingerprint density at radius 2 is 2.25 bits per heavy atom. The van der Waals surface area contributed by atoms with Gasteiger partial charge in [-0.3, -0.25) is 0 Å². The van der Waals surface area contributed by atoms with E-state index in [1.807, 2.05) is 0 Å². The first-order chi connectivity index (χ1) is 3.39. The van der Waals surface area contributed by atoms with Gasteiger partial charge in [-0.15, -0.1) is 0 Å². The Balaban J connectivity index is 0.000000490. The zero-order chi connectivity index (χ0) is 5.11. The Bertz CT molecular complexity index is 138. The molecule has 0 heterocycles. The fraction of sp³-hybridized carbons (Fsp3) is 0. The third-order valence-corrected chi connectivity index (χ3v) is 0.691. The van der Waals surface area contributed by atoms with Gasteiger partial charge in [-0.2, -0.15) is 0 Å². The maximum atomic E-state index is 8.60. The molecule has 8 heavy (non-hydrogen) atoms. The van der Waals surface area contributed by atoms with Crippen molar-refractivity contribution < 1.29 is 5.11 Å². The van der Waals surface area contributed by atoms with E-state index in [1.165, 1.54) is 6.07 Å². The zero-order valence-electron chi connectivity index (χ0n) is 3.76. The molecule has 0 aliphatic rings. The second-order valence-corrected chi connectivity index (χ2v) is 1.26. The third kappa shape index (κ3) is 2.36. The molecule has 1 radical (unpaired) electrons. The van der Waals surface area contributed by atoms with Crippen molar-refractivity contribution in [3.8, 4) is 5.75 Å². The Morgan fingerprint density at radius 3 is 2.50 bits per heavy atom. The van der Waals surface area contributed by atoms with E-state index in [0.29, 0.717) is 0 Å². The number of hydrogen-bond donors (Lipinski definition) is 1. The molecule has 0 saturated carbocycles. The Hall–Kier alpha value is 0.0200.